The molecule has 0 radical (unpaired) electrons. The van der Waals surface area contributed by atoms with Gasteiger partial charge in [0.15, 0.2) is 5.75 Å². The van der Waals surface area contributed by atoms with Gasteiger partial charge in [-0.1, -0.05) is 25.1 Å². The third kappa shape index (κ3) is 4.02. The predicted molar refractivity (Wildman–Crippen MR) is 77.7 cm³/mol. The third-order valence-electron chi connectivity index (χ3n) is 2.89. The van der Waals surface area contributed by atoms with Gasteiger partial charge in [0.25, 0.3) is 0 Å². The summed E-state index contributed by atoms with van der Waals surface area (Å²) in [7, 11) is 0. The monoisotopic (exact) mass is 259 g/mol. The summed E-state index contributed by atoms with van der Waals surface area (Å²) >= 11 is 0. The Labute approximate surface area is 114 Å². The first-order chi connectivity index (χ1) is 9.29. The Balaban J connectivity index is 1.73. The fourth-order valence-electron chi connectivity index (χ4n) is 1.90. The molecule has 1 heterocycles. The van der Waals surface area contributed by atoms with Crippen molar-refractivity contribution >= 4 is 5.69 Å². The minimum atomic E-state index is 0.631. The molecule has 19 heavy (non-hydrogen) atoms. The van der Waals surface area contributed by atoms with Crippen LogP contribution in [-0.4, -0.2) is 22.9 Å². The molecule has 0 atom stereocenters. The van der Waals surface area contributed by atoms with Gasteiger partial charge in [0.05, 0.1) is 12.4 Å². The van der Waals surface area contributed by atoms with Gasteiger partial charge in [-0.05, 0) is 25.0 Å². The Kier molecular flexibility index (Phi) is 4.84. The second-order valence-electron chi connectivity index (χ2n) is 4.53. The van der Waals surface area contributed by atoms with E-state index in [-0.39, 0.29) is 0 Å². The average molecular weight is 259 g/mol. The van der Waals surface area contributed by atoms with Crippen LogP contribution in [0.2, 0.25) is 0 Å². The smallest absolute Gasteiger partial charge is 0.157 e. The summed E-state index contributed by atoms with van der Waals surface area (Å²) < 4.78 is 7.56. The van der Waals surface area contributed by atoms with Crippen molar-refractivity contribution in [1.82, 2.24) is 9.78 Å². The van der Waals surface area contributed by atoms with Gasteiger partial charge in [-0.25, -0.2) is 0 Å². The van der Waals surface area contributed by atoms with Gasteiger partial charge < -0.3 is 10.1 Å². The lowest BCUT2D eigenvalue weighted by molar-refractivity contribution is 0.332. The molecular formula is C15H21N3O. The molecule has 0 unspecified atom stereocenters. The van der Waals surface area contributed by atoms with Crippen LogP contribution in [0.25, 0.3) is 0 Å². The van der Waals surface area contributed by atoms with Crippen molar-refractivity contribution < 1.29 is 4.74 Å². The van der Waals surface area contributed by atoms with Gasteiger partial charge in [-0.3, -0.25) is 4.68 Å². The Morgan fingerprint density at radius 1 is 1.32 bits per heavy atom. The number of hydrogen-bond acceptors (Lipinski definition) is 3. The maximum atomic E-state index is 5.65. The molecule has 0 aliphatic carbocycles. The number of nitrogens with zero attached hydrogens (tertiary/aromatic N) is 2. The lowest BCUT2D eigenvalue weighted by Crippen LogP contribution is -2.11. The minimum absolute atomic E-state index is 0.631. The Morgan fingerprint density at radius 3 is 2.95 bits per heavy atom. The van der Waals surface area contributed by atoms with Crippen LogP contribution in [0.5, 0.6) is 5.75 Å². The van der Waals surface area contributed by atoms with E-state index >= 15 is 0 Å². The Bertz CT molecular complexity index is 508. The molecule has 0 bridgehead atoms. The van der Waals surface area contributed by atoms with Gasteiger partial charge in [0.1, 0.15) is 6.61 Å². The molecule has 0 aliphatic rings. The molecule has 2 rings (SSSR count). The summed E-state index contributed by atoms with van der Waals surface area (Å²) in [5, 5.41) is 7.59. The van der Waals surface area contributed by atoms with Crippen molar-refractivity contribution in [3.8, 4) is 5.75 Å². The number of para-hydroxylation sites is 1. The van der Waals surface area contributed by atoms with E-state index in [1.807, 2.05) is 23.0 Å². The first-order valence-electron chi connectivity index (χ1n) is 6.74. The molecule has 4 nitrogen and oxygen atoms in total. The normalized spacial score (nSPS) is 10.4. The first kappa shape index (κ1) is 13.5. The molecule has 0 fully saturated rings. The van der Waals surface area contributed by atoms with Crippen LogP contribution in [0, 0.1) is 6.92 Å². The molecule has 0 aliphatic heterocycles. The van der Waals surface area contributed by atoms with E-state index in [4.69, 9.17) is 4.74 Å². The molecular weight excluding hydrogens is 238 g/mol. The summed E-state index contributed by atoms with van der Waals surface area (Å²) in [6.45, 7) is 6.58. The largest absolute Gasteiger partial charge is 0.488 e. The molecule has 0 spiro atoms. The van der Waals surface area contributed by atoms with Crippen LogP contribution in [0.15, 0.2) is 36.7 Å². The highest BCUT2D eigenvalue weighted by atomic mass is 16.5. The van der Waals surface area contributed by atoms with E-state index in [9.17, 15) is 0 Å². The summed E-state index contributed by atoms with van der Waals surface area (Å²) in [6, 6.07) is 8.25. The number of nitrogens with one attached hydrogen (secondary N) is 1. The van der Waals surface area contributed by atoms with E-state index in [1.54, 1.807) is 6.20 Å². The number of aryl methyl sites for hydroxylation is 2. The van der Waals surface area contributed by atoms with Crippen molar-refractivity contribution in [3.05, 3.63) is 42.2 Å². The van der Waals surface area contributed by atoms with Gasteiger partial charge in [0, 0.05) is 18.8 Å². The zero-order valence-electron chi connectivity index (χ0n) is 11.6. The molecule has 0 saturated carbocycles. The summed E-state index contributed by atoms with van der Waals surface area (Å²) in [5.74, 6) is 0.833. The quantitative estimate of drug-likeness (QED) is 0.777. The van der Waals surface area contributed by atoms with E-state index in [0.717, 1.165) is 30.9 Å². The molecule has 4 heteroatoms. The highest BCUT2D eigenvalue weighted by molar-refractivity contribution is 5.50. The predicted octanol–water partition coefficient (Wildman–Crippen LogP) is 3.09. The van der Waals surface area contributed by atoms with Crippen LogP contribution in [-0.2, 0) is 6.54 Å². The van der Waals surface area contributed by atoms with Crippen molar-refractivity contribution in [2.45, 2.75) is 26.8 Å². The SMILES string of the molecule is CCCn1cc(OCCNc2ccccc2C)cn1. The number of rotatable bonds is 7. The number of hydrogen-bond donors (Lipinski definition) is 1. The first-order valence-corrected chi connectivity index (χ1v) is 6.74. The molecule has 2 aromatic rings. The maximum absolute atomic E-state index is 5.65. The van der Waals surface area contributed by atoms with Gasteiger partial charge >= 0.3 is 0 Å². The minimum Gasteiger partial charge on any atom is -0.488 e. The Morgan fingerprint density at radius 2 is 2.16 bits per heavy atom. The van der Waals surface area contributed by atoms with Crippen LogP contribution in [0.4, 0.5) is 5.69 Å². The van der Waals surface area contributed by atoms with Crippen molar-refractivity contribution in [3.63, 3.8) is 0 Å². The number of benzene rings is 1. The zero-order chi connectivity index (χ0) is 13.5. The lowest BCUT2D eigenvalue weighted by Gasteiger charge is -2.09. The van der Waals surface area contributed by atoms with Crippen LogP contribution in [0.3, 0.4) is 0 Å². The fraction of sp³-hybridized carbons (Fsp3) is 0.400. The van der Waals surface area contributed by atoms with Crippen molar-refractivity contribution in [1.29, 1.82) is 0 Å². The molecule has 1 aromatic carbocycles. The van der Waals surface area contributed by atoms with E-state index in [1.165, 1.54) is 5.56 Å². The van der Waals surface area contributed by atoms with Crippen LogP contribution in [0.1, 0.15) is 18.9 Å². The highest BCUT2D eigenvalue weighted by Gasteiger charge is 1.99. The topological polar surface area (TPSA) is 39.1 Å². The number of ether oxygens (including phenoxy) is 1. The molecule has 1 N–H and O–H groups in total. The second kappa shape index (κ2) is 6.83. The molecule has 0 amide bonds. The van der Waals surface area contributed by atoms with Crippen molar-refractivity contribution in [2.24, 2.45) is 0 Å². The van der Waals surface area contributed by atoms with Gasteiger partial charge in [0.2, 0.25) is 0 Å². The molecule has 102 valence electrons. The lowest BCUT2D eigenvalue weighted by atomic mass is 10.2. The molecule has 1 aromatic heterocycles. The molecule has 0 saturated heterocycles. The Hall–Kier alpha value is -1.97. The number of aromatic nitrogens is 2. The number of anilines is 1. The van der Waals surface area contributed by atoms with Gasteiger partial charge in [-0.2, -0.15) is 5.10 Å². The summed E-state index contributed by atoms with van der Waals surface area (Å²) in [6.07, 6.45) is 4.79. The van der Waals surface area contributed by atoms with Crippen molar-refractivity contribution in [2.75, 3.05) is 18.5 Å². The second-order valence-corrected chi connectivity index (χ2v) is 4.53. The summed E-state index contributed by atoms with van der Waals surface area (Å²) in [5.41, 5.74) is 2.41. The standard InChI is InChI=1S/C15H21N3O/c1-3-9-18-12-14(11-17-18)19-10-8-16-15-7-5-4-6-13(15)2/h4-7,11-12,16H,3,8-10H2,1-2H3. The van der Waals surface area contributed by atoms with E-state index in [0.29, 0.717) is 6.61 Å². The fourth-order valence-corrected chi connectivity index (χ4v) is 1.90. The van der Waals surface area contributed by atoms with Crippen LogP contribution >= 0.6 is 0 Å². The van der Waals surface area contributed by atoms with Gasteiger partial charge in [-0.15, -0.1) is 0 Å². The maximum Gasteiger partial charge on any atom is 0.157 e. The van der Waals surface area contributed by atoms with E-state index in [2.05, 4.69) is 36.4 Å². The third-order valence-corrected chi connectivity index (χ3v) is 2.89. The van der Waals surface area contributed by atoms with Crippen LogP contribution < -0.4 is 10.1 Å². The summed E-state index contributed by atoms with van der Waals surface area (Å²) in [4.78, 5) is 0. The highest BCUT2D eigenvalue weighted by Crippen LogP contribution is 2.13. The van der Waals surface area contributed by atoms with E-state index < -0.39 is 0 Å². The average Bonchev–Trinajstić information content (AvgIpc) is 2.85. The zero-order valence-corrected chi connectivity index (χ0v) is 11.6.